The van der Waals surface area contributed by atoms with Crippen LogP contribution in [0.4, 0.5) is 0 Å². The fourth-order valence-corrected chi connectivity index (χ4v) is 2.62. The van der Waals surface area contributed by atoms with Crippen molar-refractivity contribution in [2.75, 3.05) is 0 Å². The fourth-order valence-electron chi connectivity index (χ4n) is 2.62. The molecule has 4 nitrogen and oxygen atoms in total. The molecule has 2 aromatic heterocycles. The van der Waals surface area contributed by atoms with Gasteiger partial charge in [-0.05, 0) is 24.6 Å². The van der Waals surface area contributed by atoms with Gasteiger partial charge in [0.15, 0.2) is 0 Å². The number of aromatic nitrogens is 3. The number of nitrogens with zero attached hydrogens (tertiary/aromatic N) is 3. The Labute approximate surface area is 118 Å². The second-order valence-corrected chi connectivity index (χ2v) is 4.95. The van der Waals surface area contributed by atoms with Gasteiger partial charge in [-0.25, -0.2) is 9.97 Å². The van der Waals surface area contributed by atoms with Crippen LogP contribution in [-0.4, -0.2) is 14.5 Å². The average Bonchev–Trinajstić information content (AvgIpc) is 2.74. The van der Waals surface area contributed by atoms with Gasteiger partial charge in [-0.15, -0.1) is 0 Å². The van der Waals surface area contributed by atoms with Gasteiger partial charge in [-0.1, -0.05) is 18.2 Å². The minimum absolute atomic E-state index is 0.753. The maximum atomic E-state index is 4.22. The van der Waals surface area contributed by atoms with E-state index in [-0.39, 0.29) is 0 Å². The zero-order chi connectivity index (χ0) is 13.9. The number of benzene rings is 1. The van der Waals surface area contributed by atoms with Crippen LogP contribution in [0, 0.1) is 6.92 Å². The van der Waals surface area contributed by atoms with Crippen molar-refractivity contribution in [1.82, 2.24) is 19.9 Å². The molecule has 0 spiro atoms. The third-order valence-electron chi connectivity index (χ3n) is 3.75. The van der Waals surface area contributed by atoms with Gasteiger partial charge >= 0.3 is 0 Å². The van der Waals surface area contributed by atoms with E-state index in [2.05, 4.69) is 58.1 Å². The summed E-state index contributed by atoms with van der Waals surface area (Å²) in [6, 6.07) is 10.4. The Kier molecular flexibility index (Phi) is 3.48. The standard InChI is InChI=1S/C16H18N4/c1-12-14-5-3-4-6-15(14)20(2)16(12)10-18-9-13-7-8-17-11-19-13/h3-8,11,18H,9-10H2,1-2H3. The van der Waals surface area contributed by atoms with Crippen molar-refractivity contribution in [2.45, 2.75) is 20.0 Å². The quantitative estimate of drug-likeness (QED) is 0.789. The Bertz CT molecular complexity index is 677. The molecule has 0 bridgehead atoms. The number of nitrogens with one attached hydrogen (secondary N) is 1. The van der Waals surface area contributed by atoms with Gasteiger partial charge < -0.3 is 9.88 Å². The van der Waals surface area contributed by atoms with Crippen LogP contribution in [0.1, 0.15) is 17.0 Å². The summed E-state index contributed by atoms with van der Waals surface area (Å²) in [5.41, 5.74) is 4.96. The van der Waals surface area contributed by atoms with Gasteiger partial charge in [0, 0.05) is 42.9 Å². The highest BCUT2D eigenvalue weighted by Crippen LogP contribution is 2.24. The van der Waals surface area contributed by atoms with E-state index in [1.165, 1.54) is 22.2 Å². The third kappa shape index (κ3) is 2.30. The van der Waals surface area contributed by atoms with Crippen molar-refractivity contribution >= 4 is 10.9 Å². The Morgan fingerprint density at radius 2 is 2.00 bits per heavy atom. The number of rotatable bonds is 4. The van der Waals surface area contributed by atoms with Crippen LogP contribution < -0.4 is 5.32 Å². The largest absolute Gasteiger partial charge is 0.346 e. The van der Waals surface area contributed by atoms with Crippen LogP contribution >= 0.6 is 0 Å². The Morgan fingerprint density at radius 1 is 1.15 bits per heavy atom. The van der Waals surface area contributed by atoms with Crippen LogP contribution in [0.15, 0.2) is 42.9 Å². The van der Waals surface area contributed by atoms with Gasteiger partial charge in [-0.3, -0.25) is 0 Å². The molecule has 0 saturated heterocycles. The molecule has 0 radical (unpaired) electrons. The molecule has 1 N–H and O–H groups in total. The molecule has 0 atom stereocenters. The van der Waals surface area contributed by atoms with Gasteiger partial charge in [0.1, 0.15) is 6.33 Å². The summed E-state index contributed by atoms with van der Waals surface area (Å²) >= 11 is 0. The van der Waals surface area contributed by atoms with Crippen LogP contribution in [0.2, 0.25) is 0 Å². The van der Waals surface area contributed by atoms with Crippen molar-refractivity contribution in [3.63, 3.8) is 0 Å². The molecule has 1 aromatic carbocycles. The molecule has 20 heavy (non-hydrogen) atoms. The average molecular weight is 266 g/mol. The van der Waals surface area contributed by atoms with E-state index in [0.717, 1.165) is 18.8 Å². The SMILES string of the molecule is Cc1c(CNCc2ccncn2)n(C)c2ccccc12. The zero-order valence-corrected chi connectivity index (χ0v) is 11.8. The molecule has 0 aliphatic carbocycles. The molecule has 0 fully saturated rings. The lowest BCUT2D eigenvalue weighted by atomic mass is 10.1. The molecular weight excluding hydrogens is 248 g/mol. The molecule has 0 aliphatic rings. The molecule has 102 valence electrons. The minimum atomic E-state index is 0.753. The van der Waals surface area contributed by atoms with E-state index >= 15 is 0 Å². The zero-order valence-electron chi connectivity index (χ0n) is 11.8. The molecule has 0 unspecified atom stereocenters. The topological polar surface area (TPSA) is 42.7 Å². The first-order valence-corrected chi connectivity index (χ1v) is 6.76. The smallest absolute Gasteiger partial charge is 0.115 e. The monoisotopic (exact) mass is 266 g/mol. The summed E-state index contributed by atoms with van der Waals surface area (Å²) in [5.74, 6) is 0. The van der Waals surface area contributed by atoms with E-state index in [9.17, 15) is 0 Å². The number of hydrogen-bond donors (Lipinski definition) is 1. The van der Waals surface area contributed by atoms with E-state index in [0.29, 0.717) is 0 Å². The first-order chi connectivity index (χ1) is 9.77. The first kappa shape index (κ1) is 12.8. The van der Waals surface area contributed by atoms with Crippen LogP contribution in [0.25, 0.3) is 10.9 Å². The Hall–Kier alpha value is -2.20. The van der Waals surface area contributed by atoms with E-state index in [4.69, 9.17) is 0 Å². The highest BCUT2D eigenvalue weighted by molar-refractivity contribution is 5.85. The maximum Gasteiger partial charge on any atom is 0.115 e. The molecular formula is C16H18N4. The highest BCUT2D eigenvalue weighted by atomic mass is 15.0. The third-order valence-corrected chi connectivity index (χ3v) is 3.75. The van der Waals surface area contributed by atoms with Gasteiger partial charge in [0.25, 0.3) is 0 Å². The van der Waals surface area contributed by atoms with Gasteiger partial charge in [0.2, 0.25) is 0 Å². The van der Waals surface area contributed by atoms with Gasteiger partial charge in [-0.2, -0.15) is 0 Å². The molecule has 0 amide bonds. The van der Waals surface area contributed by atoms with E-state index < -0.39 is 0 Å². The lowest BCUT2D eigenvalue weighted by Gasteiger charge is -2.07. The second kappa shape index (κ2) is 5.43. The molecule has 0 saturated carbocycles. The van der Waals surface area contributed by atoms with E-state index in [1.807, 2.05) is 6.07 Å². The molecule has 3 rings (SSSR count). The predicted octanol–water partition coefficient (Wildman–Crippen LogP) is 2.57. The van der Waals surface area contributed by atoms with Crippen molar-refractivity contribution < 1.29 is 0 Å². The Balaban J connectivity index is 1.78. The Morgan fingerprint density at radius 3 is 2.75 bits per heavy atom. The van der Waals surface area contributed by atoms with Crippen LogP contribution in [-0.2, 0) is 20.1 Å². The highest BCUT2D eigenvalue weighted by Gasteiger charge is 2.10. The maximum absolute atomic E-state index is 4.22. The van der Waals surface area contributed by atoms with Crippen molar-refractivity contribution in [2.24, 2.45) is 7.05 Å². The lowest BCUT2D eigenvalue weighted by molar-refractivity contribution is 0.645. The molecule has 4 heteroatoms. The van der Waals surface area contributed by atoms with Crippen LogP contribution in [0.3, 0.4) is 0 Å². The molecule has 2 heterocycles. The molecule has 3 aromatic rings. The summed E-state index contributed by atoms with van der Waals surface area (Å²) in [6.07, 6.45) is 3.35. The summed E-state index contributed by atoms with van der Waals surface area (Å²) in [5, 5.41) is 4.78. The summed E-state index contributed by atoms with van der Waals surface area (Å²) in [4.78, 5) is 8.14. The van der Waals surface area contributed by atoms with Crippen molar-refractivity contribution in [3.05, 3.63) is 59.8 Å². The number of fused-ring (bicyclic) bond motifs is 1. The van der Waals surface area contributed by atoms with E-state index in [1.54, 1.807) is 12.5 Å². The van der Waals surface area contributed by atoms with Crippen LogP contribution in [0.5, 0.6) is 0 Å². The summed E-state index contributed by atoms with van der Waals surface area (Å²) < 4.78 is 2.26. The first-order valence-electron chi connectivity index (χ1n) is 6.76. The van der Waals surface area contributed by atoms with Gasteiger partial charge in [0.05, 0.1) is 5.69 Å². The second-order valence-electron chi connectivity index (χ2n) is 4.95. The number of hydrogen-bond acceptors (Lipinski definition) is 3. The predicted molar refractivity (Wildman–Crippen MR) is 80.2 cm³/mol. The summed E-state index contributed by atoms with van der Waals surface area (Å²) in [7, 11) is 2.12. The fraction of sp³-hybridized carbons (Fsp3) is 0.250. The lowest BCUT2D eigenvalue weighted by Crippen LogP contribution is -2.16. The number of aryl methyl sites for hydroxylation is 2. The normalized spacial score (nSPS) is 11.1. The molecule has 0 aliphatic heterocycles. The number of para-hydroxylation sites is 1. The minimum Gasteiger partial charge on any atom is -0.346 e. The van der Waals surface area contributed by atoms with Crippen molar-refractivity contribution in [3.8, 4) is 0 Å². The van der Waals surface area contributed by atoms with Crippen molar-refractivity contribution in [1.29, 1.82) is 0 Å². The summed E-state index contributed by atoms with van der Waals surface area (Å²) in [6.45, 7) is 3.77.